The minimum atomic E-state index is -0.222. The van der Waals surface area contributed by atoms with Crippen LogP contribution in [0.15, 0.2) is 18.2 Å². The molecule has 0 heterocycles. The van der Waals surface area contributed by atoms with Gasteiger partial charge in [-0.2, -0.15) is 0 Å². The van der Waals surface area contributed by atoms with Crippen LogP contribution in [0.2, 0.25) is 0 Å². The van der Waals surface area contributed by atoms with E-state index in [0.717, 1.165) is 18.4 Å². The SMILES string of the molecule is CCC1Cc2c(C)cccc2C1O. The summed E-state index contributed by atoms with van der Waals surface area (Å²) < 4.78 is 0. The zero-order valence-corrected chi connectivity index (χ0v) is 8.25. The van der Waals surface area contributed by atoms with Crippen LogP contribution in [0.3, 0.4) is 0 Å². The van der Waals surface area contributed by atoms with Gasteiger partial charge in [0.15, 0.2) is 0 Å². The first-order chi connectivity index (χ1) is 6.24. The van der Waals surface area contributed by atoms with Crippen molar-refractivity contribution in [1.29, 1.82) is 0 Å². The molecule has 1 aromatic carbocycles. The average molecular weight is 176 g/mol. The number of aryl methyl sites for hydroxylation is 1. The molecule has 2 unspecified atom stereocenters. The fourth-order valence-corrected chi connectivity index (χ4v) is 2.28. The number of hydrogen-bond acceptors (Lipinski definition) is 1. The van der Waals surface area contributed by atoms with Gasteiger partial charge in [0.25, 0.3) is 0 Å². The summed E-state index contributed by atoms with van der Waals surface area (Å²) >= 11 is 0. The molecule has 13 heavy (non-hydrogen) atoms. The lowest BCUT2D eigenvalue weighted by molar-refractivity contribution is 0.121. The van der Waals surface area contributed by atoms with Crippen LogP contribution in [-0.4, -0.2) is 5.11 Å². The average Bonchev–Trinajstić information content (AvgIpc) is 2.45. The molecule has 1 aliphatic rings. The summed E-state index contributed by atoms with van der Waals surface area (Å²) in [6, 6.07) is 6.22. The summed E-state index contributed by atoms with van der Waals surface area (Å²) in [4.78, 5) is 0. The van der Waals surface area contributed by atoms with E-state index in [1.165, 1.54) is 11.1 Å². The molecule has 0 aliphatic heterocycles. The Morgan fingerprint density at radius 3 is 2.85 bits per heavy atom. The monoisotopic (exact) mass is 176 g/mol. The van der Waals surface area contributed by atoms with Gasteiger partial charge in [-0.1, -0.05) is 31.5 Å². The quantitative estimate of drug-likeness (QED) is 0.697. The molecule has 0 aromatic heterocycles. The second kappa shape index (κ2) is 3.15. The first-order valence-electron chi connectivity index (χ1n) is 5.00. The lowest BCUT2D eigenvalue weighted by Crippen LogP contribution is -2.04. The standard InChI is InChI=1S/C12H16O/c1-3-9-7-11-8(2)5-4-6-10(11)12(9)13/h4-6,9,12-13H,3,7H2,1-2H3. The van der Waals surface area contributed by atoms with Crippen LogP contribution in [0.4, 0.5) is 0 Å². The van der Waals surface area contributed by atoms with E-state index in [0.29, 0.717) is 5.92 Å². The van der Waals surface area contributed by atoms with Crippen molar-refractivity contribution in [2.24, 2.45) is 5.92 Å². The Morgan fingerprint density at radius 1 is 1.46 bits per heavy atom. The molecule has 2 atom stereocenters. The van der Waals surface area contributed by atoms with Gasteiger partial charge in [0, 0.05) is 0 Å². The molecule has 0 saturated carbocycles. The Labute approximate surface area is 79.4 Å². The molecule has 1 aliphatic carbocycles. The number of hydrogen-bond donors (Lipinski definition) is 1. The fourth-order valence-electron chi connectivity index (χ4n) is 2.28. The summed E-state index contributed by atoms with van der Waals surface area (Å²) in [6.45, 7) is 4.28. The van der Waals surface area contributed by atoms with Crippen LogP contribution in [0.5, 0.6) is 0 Å². The van der Waals surface area contributed by atoms with Gasteiger partial charge in [0.1, 0.15) is 0 Å². The van der Waals surface area contributed by atoms with Crippen molar-refractivity contribution in [1.82, 2.24) is 0 Å². The van der Waals surface area contributed by atoms with E-state index < -0.39 is 0 Å². The van der Waals surface area contributed by atoms with Gasteiger partial charge in [-0.3, -0.25) is 0 Å². The summed E-state index contributed by atoms with van der Waals surface area (Å²) in [5, 5.41) is 9.97. The molecule has 0 radical (unpaired) electrons. The maximum absolute atomic E-state index is 9.97. The molecule has 0 saturated heterocycles. The predicted molar refractivity (Wildman–Crippen MR) is 53.6 cm³/mol. The van der Waals surface area contributed by atoms with E-state index in [1.54, 1.807) is 0 Å². The van der Waals surface area contributed by atoms with E-state index in [4.69, 9.17) is 0 Å². The summed E-state index contributed by atoms with van der Waals surface area (Å²) in [6.07, 6.45) is 1.90. The topological polar surface area (TPSA) is 20.2 Å². The van der Waals surface area contributed by atoms with E-state index >= 15 is 0 Å². The second-order valence-corrected chi connectivity index (χ2v) is 3.96. The Kier molecular flexibility index (Phi) is 2.12. The summed E-state index contributed by atoms with van der Waals surface area (Å²) in [5.41, 5.74) is 3.86. The molecule has 0 amide bonds. The van der Waals surface area contributed by atoms with Crippen LogP contribution >= 0.6 is 0 Å². The van der Waals surface area contributed by atoms with Gasteiger partial charge in [0.05, 0.1) is 6.10 Å². The van der Waals surface area contributed by atoms with E-state index in [9.17, 15) is 5.11 Å². The first-order valence-corrected chi connectivity index (χ1v) is 5.00. The highest BCUT2D eigenvalue weighted by Crippen LogP contribution is 2.38. The van der Waals surface area contributed by atoms with Gasteiger partial charge < -0.3 is 5.11 Å². The largest absolute Gasteiger partial charge is 0.388 e. The van der Waals surface area contributed by atoms with Crippen LogP contribution < -0.4 is 0 Å². The zero-order valence-electron chi connectivity index (χ0n) is 8.25. The lowest BCUT2D eigenvalue weighted by Gasteiger charge is -2.11. The molecule has 0 spiro atoms. The molecule has 2 rings (SSSR count). The smallest absolute Gasteiger partial charge is 0.0824 e. The number of aliphatic hydroxyl groups is 1. The molecular weight excluding hydrogens is 160 g/mol. The zero-order chi connectivity index (χ0) is 9.42. The van der Waals surface area contributed by atoms with Gasteiger partial charge in [-0.15, -0.1) is 0 Å². The highest BCUT2D eigenvalue weighted by molar-refractivity contribution is 5.40. The molecular formula is C12H16O. The summed E-state index contributed by atoms with van der Waals surface area (Å²) in [5.74, 6) is 0.441. The second-order valence-electron chi connectivity index (χ2n) is 3.96. The van der Waals surface area contributed by atoms with Crippen molar-refractivity contribution in [3.63, 3.8) is 0 Å². The van der Waals surface area contributed by atoms with Crippen molar-refractivity contribution in [2.75, 3.05) is 0 Å². The number of rotatable bonds is 1. The highest BCUT2D eigenvalue weighted by Gasteiger charge is 2.29. The molecule has 0 bridgehead atoms. The number of benzene rings is 1. The minimum Gasteiger partial charge on any atom is -0.388 e. The molecule has 1 aromatic rings. The van der Waals surface area contributed by atoms with Gasteiger partial charge in [-0.05, 0) is 36.0 Å². The van der Waals surface area contributed by atoms with Crippen molar-refractivity contribution >= 4 is 0 Å². The third kappa shape index (κ3) is 1.28. The van der Waals surface area contributed by atoms with Crippen LogP contribution in [0.1, 0.15) is 36.1 Å². The summed E-state index contributed by atoms with van der Waals surface area (Å²) in [7, 11) is 0. The fraction of sp³-hybridized carbons (Fsp3) is 0.500. The van der Waals surface area contributed by atoms with E-state index in [2.05, 4.69) is 26.0 Å². The maximum Gasteiger partial charge on any atom is 0.0824 e. The van der Waals surface area contributed by atoms with Gasteiger partial charge >= 0.3 is 0 Å². The third-order valence-corrected chi connectivity index (χ3v) is 3.20. The number of aliphatic hydroxyl groups excluding tert-OH is 1. The molecule has 70 valence electrons. The minimum absolute atomic E-state index is 0.222. The third-order valence-electron chi connectivity index (χ3n) is 3.20. The van der Waals surface area contributed by atoms with E-state index in [1.807, 2.05) is 6.07 Å². The normalized spacial score (nSPS) is 26.1. The van der Waals surface area contributed by atoms with Crippen molar-refractivity contribution in [2.45, 2.75) is 32.8 Å². The van der Waals surface area contributed by atoms with Crippen molar-refractivity contribution in [3.8, 4) is 0 Å². The Bertz CT molecular complexity index is 317. The van der Waals surface area contributed by atoms with Crippen molar-refractivity contribution < 1.29 is 5.11 Å². The van der Waals surface area contributed by atoms with Gasteiger partial charge in [-0.25, -0.2) is 0 Å². The Morgan fingerprint density at radius 2 is 2.23 bits per heavy atom. The van der Waals surface area contributed by atoms with Gasteiger partial charge in [0.2, 0.25) is 0 Å². The molecule has 1 N–H and O–H groups in total. The van der Waals surface area contributed by atoms with Crippen LogP contribution in [-0.2, 0) is 6.42 Å². The maximum atomic E-state index is 9.97. The molecule has 1 heteroatoms. The highest BCUT2D eigenvalue weighted by atomic mass is 16.3. The lowest BCUT2D eigenvalue weighted by atomic mass is 10.0. The Hall–Kier alpha value is -0.820. The predicted octanol–water partition coefficient (Wildman–Crippen LogP) is 2.61. The number of fused-ring (bicyclic) bond motifs is 1. The van der Waals surface area contributed by atoms with Crippen LogP contribution in [0.25, 0.3) is 0 Å². The molecule has 1 nitrogen and oxygen atoms in total. The first kappa shape index (κ1) is 8.76. The van der Waals surface area contributed by atoms with Crippen molar-refractivity contribution in [3.05, 3.63) is 34.9 Å². The molecule has 0 fully saturated rings. The van der Waals surface area contributed by atoms with Crippen LogP contribution in [0, 0.1) is 12.8 Å². The Balaban J connectivity index is 2.43. The van der Waals surface area contributed by atoms with E-state index in [-0.39, 0.29) is 6.10 Å².